The van der Waals surface area contributed by atoms with Crippen LogP contribution in [-0.2, 0) is 11.0 Å². The Morgan fingerprint density at radius 3 is 2.52 bits per heavy atom. The highest BCUT2D eigenvalue weighted by Crippen LogP contribution is 2.40. The Hall–Kier alpha value is -1.73. The summed E-state index contributed by atoms with van der Waals surface area (Å²) in [6.45, 7) is 0. The molecule has 132 valence electrons. The van der Waals surface area contributed by atoms with E-state index in [2.05, 4.69) is 10.3 Å². The second-order valence-electron chi connectivity index (χ2n) is 5.70. The number of nitrogens with zero attached hydrogens (tertiary/aromatic N) is 1. The van der Waals surface area contributed by atoms with E-state index in [1.54, 1.807) is 24.3 Å². The third kappa shape index (κ3) is 4.67. The Balaban J connectivity index is 1.86. The van der Waals surface area contributed by atoms with Crippen LogP contribution in [0.2, 0.25) is 5.02 Å². The third-order valence-electron chi connectivity index (χ3n) is 3.63. The summed E-state index contributed by atoms with van der Waals surface area (Å²) in [5.74, 6) is -0.198. The van der Waals surface area contributed by atoms with Crippen LogP contribution in [0.3, 0.4) is 0 Å². The molecule has 0 bridgehead atoms. The maximum atomic E-state index is 12.7. The number of nitrogens with one attached hydrogen (secondary N) is 1. The molecule has 0 aliphatic heterocycles. The van der Waals surface area contributed by atoms with Gasteiger partial charge in [-0.25, -0.2) is 4.98 Å². The van der Waals surface area contributed by atoms with Crippen molar-refractivity contribution in [1.82, 2.24) is 10.3 Å². The van der Waals surface area contributed by atoms with Crippen molar-refractivity contribution in [3.8, 4) is 0 Å². The van der Waals surface area contributed by atoms with E-state index >= 15 is 0 Å². The lowest BCUT2D eigenvalue weighted by molar-refractivity contribution is -0.137. The summed E-state index contributed by atoms with van der Waals surface area (Å²) < 4.78 is 38.2. The first-order chi connectivity index (χ1) is 11.8. The molecule has 0 unspecified atom stereocenters. The third-order valence-corrected chi connectivity index (χ3v) is 5.30. The lowest BCUT2D eigenvalue weighted by Gasteiger charge is -2.17. The number of amides is 1. The van der Waals surface area contributed by atoms with Crippen LogP contribution in [0.1, 0.15) is 29.2 Å². The molecule has 1 aliphatic rings. The van der Waals surface area contributed by atoms with Gasteiger partial charge in [-0.3, -0.25) is 4.79 Å². The fraction of sp³-hybridized carbons (Fsp3) is 0.294. The quantitative estimate of drug-likeness (QED) is 0.746. The minimum Gasteiger partial charge on any atom is -0.352 e. The maximum Gasteiger partial charge on any atom is 0.417 e. The number of hydrogen-bond donors (Lipinski definition) is 1. The Kier molecular flexibility index (Phi) is 5.24. The monoisotopic (exact) mass is 386 g/mol. The zero-order valence-corrected chi connectivity index (χ0v) is 14.5. The van der Waals surface area contributed by atoms with Crippen LogP contribution in [0.25, 0.3) is 0 Å². The zero-order chi connectivity index (χ0) is 18.0. The van der Waals surface area contributed by atoms with Crippen LogP contribution in [-0.4, -0.2) is 16.9 Å². The Bertz CT molecular complexity index is 766. The minimum atomic E-state index is -4.51. The summed E-state index contributed by atoms with van der Waals surface area (Å²) in [5.41, 5.74) is -0.177. The van der Waals surface area contributed by atoms with Gasteiger partial charge in [-0.1, -0.05) is 53.7 Å². The molecular weight excluding hydrogens is 373 g/mol. The molecule has 1 heterocycles. The van der Waals surface area contributed by atoms with Gasteiger partial charge in [0.05, 0.1) is 10.6 Å². The van der Waals surface area contributed by atoms with Crippen molar-refractivity contribution in [2.24, 2.45) is 0 Å². The summed E-state index contributed by atoms with van der Waals surface area (Å²) in [6, 6.07) is 10.0. The van der Waals surface area contributed by atoms with E-state index in [0.717, 1.165) is 42.4 Å². The van der Waals surface area contributed by atoms with Crippen LogP contribution < -0.4 is 5.32 Å². The number of aromatic nitrogens is 1. The maximum absolute atomic E-state index is 12.7. The van der Waals surface area contributed by atoms with Crippen molar-refractivity contribution in [1.29, 1.82) is 0 Å². The average Bonchev–Trinajstić information content (AvgIpc) is 3.37. The largest absolute Gasteiger partial charge is 0.417 e. The Morgan fingerprint density at radius 2 is 1.96 bits per heavy atom. The first-order valence-electron chi connectivity index (χ1n) is 7.59. The molecule has 25 heavy (non-hydrogen) atoms. The molecule has 1 saturated carbocycles. The number of carbonyl (C=O) groups excluding carboxylic acids is 1. The summed E-state index contributed by atoms with van der Waals surface area (Å²) in [6.07, 6.45) is -1.90. The predicted molar refractivity (Wildman–Crippen MR) is 90.5 cm³/mol. The van der Waals surface area contributed by atoms with Gasteiger partial charge in [-0.2, -0.15) is 13.2 Å². The van der Waals surface area contributed by atoms with Gasteiger partial charge in [0.15, 0.2) is 0 Å². The molecular formula is C17H14ClF3N2OS. The highest BCUT2D eigenvalue weighted by atomic mass is 35.5. The molecule has 2 aromatic rings. The van der Waals surface area contributed by atoms with Crippen molar-refractivity contribution >= 4 is 29.3 Å². The number of carbonyl (C=O) groups is 1. The normalized spacial score (nSPS) is 15.7. The minimum absolute atomic E-state index is 0.125. The number of alkyl halides is 3. The summed E-state index contributed by atoms with van der Waals surface area (Å²) in [4.78, 5) is 16.4. The molecule has 1 fully saturated rings. The van der Waals surface area contributed by atoms with E-state index in [4.69, 9.17) is 11.6 Å². The SMILES string of the molecule is O=C(NC1CC1)[C@H](Sc1ncc(C(F)(F)F)cc1Cl)c1ccccc1. The van der Waals surface area contributed by atoms with E-state index in [9.17, 15) is 18.0 Å². The fourth-order valence-corrected chi connectivity index (χ4v) is 3.46. The van der Waals surface area contributed by atoms with Crippen molar-refractivity contribution < 1.29 is 18.0 Å². The number of halogens is 4. The molecule has 1 aliphatic carbocycles. The van der Waals surface area contributed by atoms with Crippen molar-refractivity contribution in [3.05, 3.63) is 58.7 Å². The molecule has 1 atom stereocenters. The first kappa shape index (κ1) is 18.1. The van der Waals surface area contributed by atoms with Gasteiger partial charge in [-0.05, 0) is 24.5 Å². The van der Waals surface area contributed by atoms with Gasteiger partial charge < -0.3 is 5.32 Å². The molecule has 1 amide bonds. The smallest absolute Gasteiger partial charge is 0.352 e. The van der Waals surface area contributed by atoms with E-state index in [1.165, 1.54) is 0 Å². The van der Waals surface area contributed by atoms with Gasteiger partial charge in [0.1, 0.15) is 10.3 Å². The average molecular weight is 387 g/mol. The van der Waals surface area contributed by atoms with Crippen LogP contribution in [0.15, 0.2) is 47.6 Å². The molecule has 0 spiro atoms. The van der Waals surface area contributed by atoms with Gasteiger partial charge in [-0.15, -0.1) is 0 Å². The van der Waals surface area contributed by atoms with E-state index < -0.39 is 17.0 Å². The zero-order valence-electron chi connectivity index (χ0n) is 12.9. The summed E-state index contributed by atoms with van der Waals surface area (Å²) in [5, 5.41) is 2.35. The lowest BCUT2D eigenvalue weighted by atomic mass is 10.1. The van der Waals surface area contributed by atoms with E-state index in [-0.39, 0.29) is 22.0 Å². The number of rotatable bonds is 5. The van der Waals surface area contributed by atoms with Crippen LogP contribution in [0.4, 0.5) is 13.2 Å². The second-order valence-corrected chi connectivity index (χ2v) is 7.20. The van der Waals surface area contributed by atoms with Crippen LogP contribution >= 0.6 is 23.4 Å². The standard InChI is InChI=1S/C17H14ClF3N2OS/c18-13-8-11(17(19,20)21)9-22-16(13)25-14(10-4-2-1-3-5-10)15(24)23-12-6-7-12/h1-5,8-9,12,14H,6-7H2,(H,23,24)/t14-/m1/s1. The summed E-state index contributed by atoms with van der Waals surface area (Å²) >= 11 is 7.02. The molecule has 0 saturated heterocycles. The highest BCUT2D eigenvalue weighted by molar-refractivity contribution is 8.00. The fourth-order valence-electron chi connectivity index (χ4n) is 2.18. The Morgan fingerprint density at radius 1 is 1.28 bits per heavy atom. The molecule has 0 radical (unpaired) electrons. The number of thioether (sulfide) groups is 1. The lowest BCUT2D eigenvalue weighted by Crippen LogP contribution is -2.29. The van der Waals surface area contributed by atoms with E-state index in [0.29, 0.717) is 0 Å². The van der Waals surface area contributed by atoms with Gasteiger partial charge in [0.25, 0.3) is 0 Å². The van der Waals surface area contributed by atoms with Gasteiger partial charge in [0.2, 0.25) is 5.91 Å². The molecule has 1 aromatic heterocycles. The number of hydrogen-bond acceptors (Lipinski definition) is 3. The molecule has 8 heteroatoms. The van der Waals surface area contributed by atoms with Crippen molar-refractivity contribution in [2.75, 3.05) is 0 Å². The number of pyridine rings is 1. The predicted octanol–water partition coefficient (Wildman–Crippen LogP) is 4.87. The molecule has 1 N–H and O–H groups in total. The Labute approximate surface area is 152 Å². The van der Waals surface area contributed by atoms with Crippen LogP contribution in [0, 0.1) is 0 Å². The summed E-state index contributed by atoms with van der Waals surface area (Å²) in [7, 11) is 0. The molecule has 3 nitrogen and oxygen atoms in total. The van der Waals surface area contributed by atoms with Crippen molar-refractivity contribution in [3.63, 3.8) is 0 Å². The first-order valence-corrected chi connectivity index (χ1v) is 8.85. The van der Waals surface area contributed by atoms with E-state index in [1.807, 2.05) is 6.07 Å². The topological polar surface area (TPSA) is 42.0 Å². The van der Waals surface area contributed by atoms with Gasteiger partial charge >= 0.3 is 6.18 Å². The molecule has 1 aromatic carbocycles. The van der Waals surface area contributed by atoms with Gasteiger partial charge in [0, 0.05) is 12.2 Å². The number of benzene rings is 1. The van der Waals surface area contributed by atoms with Crippen LogP contribution in [0.5, 0.6) is 0 Å². The second kappa shape index (κ2) is 7.25. The van der Waals surface area contributed by atoms with Crippen molar-refractivity contribution in [2.45, 2.75) is 35.3 Å². The molecule has 3 rings (SSSR count). The highest BCUT2D eigenvalue weighted by Gasteiger charge is 2.33.